The average molecular weight is 286 g/mol. The maximum absolute atomic E-state index is 11.1. The van der Waals surface area contributed by atoms with E-state index < -0.39 is 0 Å². The second-order valence-electron chi connectivity index (χ2n) is 5.17. The summed E-state index contributed by atoms with van der Waals surface area (Å²) in [4.78, 5) is 11.1. The Bertz CT molecular complexity index is 578. The molecule has 1 aromatic heterocycles. The molecule has 4 heteroatoms. The van der Waals surface area contributed by atoms with Gasteiger partial charge in [-0.25, -0.2) is 0 Å². The number of hydrogen-bond donors (Lipinski definition) is 2. The summed E-state index contributed by atoms with van der Waals surface area (Å²) in [6.07, 6.45) is 2.64. The van der Waals surface area contributed by atoms with Crippen molar-refractivity contribution in [2.45, 2.75) is 39.3 Å². The Hall–Kier alpha value is -2.07. The van der Waals surface area contributed by atoms with Crippen LogP contribution in [0.3, 0.4) is 0 Å². The molecule has 1 amide bonds. The quantitative estimate of drug-likeness (QED) is 0.842. The first-order chi connectivity index (χ1) is 10.1. The van der Waals surface area contributed by atoms with Crippen molar-refractivity contribution in [3.63, 3.8) is 0 Å². The summed E-state index contributed by atoms with van der Waals surface area (Å²) in [6.45, 7) is 5.75. The van der Waals surface area contributed by atoms with Crippen LogP contribution in [0.25, 0.3) is 0 Å². The monoisotopic (exact) mass is 286 g/mol. The van der Waals surface area contributed by atoms with Crippen LogP contribution in [0, 0.1) is 0 Å². The lowest BCUT2D eigenvalue weighted by molar-refractivity contribution is -0.114. The van der Waals surface area contributed by atoms with E-state index in [0.717, 1.165) is 23.4 Å². The predicted molar refractivity (Wildman–Crippen MR) is 84.0 cm³/mol. The maximum Gasteiger partial charge on any atom is 0.221 e. The van der Waals surface area contributed by atoms with Crippen molar-refractivity contribution >= 4 is 11.6 Å². The van der Waals surface area contributed by atoms with Crippen molar-refractivity contribution < 1.29 is 9.21 Å². The van der Waals surface area contributed by atoms with Crippen molar-refractivity contribution in [3.05, 3.63) is 54.0 Å². The van der Waals surface area contributed by atoms with E-state index in [2.05, 4.69) is 30.5 Å². The van der Waals surface area contributed by atoms with Crippen LogP contribution in [-0.2, 0) is 4.79 Å². The summed E-state index contributed by atoms with van der Waals surface area (Å²) in [7, 11) is 0. The lowest BCUT2D eigenvalue weighted by Crippen LogP contribution is -2.24. The Labute approximate surface area is 125 Å². The van der Waals surface area contributed by atoms with E-state index in [1.165, 1.54) is 6.92 Å². The molecule has 0 bridgehead atoms. The highest BCUT2D eigenvalue weighted by Crippen LogP contribution is 2.24. The van der Waals surface area contributed by atoms with Crippen LogP contribution in [-0.4, -0.2) is 5.91 Å². The van der Waals surface area contributed by atoms with Gasteiger partial charge in [0.15, 0.2) is 0 Å². The van der Waals surface area contributed by atoms with Gasteiger partial charge in [0.1, 0.15) is 5.76 Å². The van der Waals surface area contributed by atoms with Gasteiger partial charge in [0.05, 0.1) is 12.3 Å². The fraction of sp³-hybridized carbons (Fsp3) is 0.353. The second-order valence-corrected chi connectivity index (χ2v) is 5.17. The number of hydrogen-bond acceptors (Lipinski definition) is 3. The minimum absolute atomic E-state index is 0.0604. The first-order valence-electron chi connectivity index (χ1n) is 7.27. The topological polar surface area (TPSA) is 54.3 Å². The van der Waals surface area contributed by atoms with Gasteiger partial charge >= 0.3 is 0 Å². The minimum atomic E-state index is -0.0604. The molecule has 0 aliphatic heterocycles. The van der Waals surface area contributed by atoms with Gasteiger partial charge in [-0.3, -0.25) is 4.79 Å². The van der Waals surface area contributed by atoms with Gasteiger partial charge in [0.2, 0.25) is 5.91 Å². The van der Waals surface area contributed by atoms with Gasteiger partial charge in [0.25, 0.3) is 0 Å². The summed E-state index contributed by atoms with van der Waals surface area (Å²) in [5.41, 5.74) is 1.95. The molecule has 21 heavy (non-hydrogen) atoms. The number of carbonyl (C=O) groups excluding carboxylic acids is 1. The minimum Gasteiger partial charge on any atom is -0.468 e. The average Bonchev–Trinajstić information content (AvgIpc) is 2.98. The zero-order chi connectivity index (χ0) is 15.2. The summed E-state index contributed by atoms with van der Waals surface area (Å²) >= 11 is 0. The molecule has 1 aromatic carbocycles. The van der Waals surface area contributed by atoms with Crippen molar-refractivity contribution in [1.82, 2.24) is 5.32 Å². The van der Waals surface area contributed by atoms with Gasteiger partial charge in [0, 0.05) is 18.7 Å². The molecule has 2 rings (SSSR count). The molecular formula is C17H22N2O2. The molecule has 2 atom stereocenters. The molecule has 0 radical (unpaired) electrons. The highest BCUT2D eigenvalue weighted by atomic mass is 16.3. The molecule has 0 fully saturated rings. The van der Waals surface area contributed by atoms with E-state index in [0.29, 0.717) is 0 Å². The molecular weight excluding hydrogens is 264 g/mol. The second kappa shape index (κ2) is 7.09. The SMILES string of the molecule is CCC(NC(C)c1cccc(NC(C)=O)c1)c1ccco1. The molecule has 0 saturated carbocycles. The number of nitrogens with one attached hydrogen (secondary N) is 2. The molecule has 2 N–H and O–H groups in total. The molecule has 112 valence electrons. The third kappa shape index (κ3) is 4.20. The normalized spacial score (nSPS) is 13.7. The van der Waals surface area contributed by atoms with Crippen LogP contribution in [0.2, 0.25) is 0 Å². The van der Waals surface area contributed by atoms with Gasteiger partial charge in [-0.2, -0.15) is 0 Å². The van der Waals surface area contributed by atoms with Crippen molar-refractivity contribution in [1.29, 1.82) is 0 Å². The van der Waals surface area contributed by atoms with E-state index in [1.54, 1.807) is 6.26 Å². The summed E-state index contributed by atoms with van der Waals surface area (Å²) in [6, 6.07) is 12.1. The standard InChI is InChI=1S/C17H22N2O2/c1-4-16(17-9-6-10-21-17)18-12(2)14-7-5-8-15(11-14)19-13(3)20/h5-12,16,18H,4H2,1-3H3,(H,19,20). The zero-order valence-corrected chi connectivity index (χ0v) is 12.7. The van der Waals surface area contributed by atoms with Crippen LogP contribution in [0.1, 0.15) is 50.6 Å². The van der Waals surface area contributed by atoms with E-state index in [-0.39, 0.29) is 18.0 Å². The van der Waals surface area contributed by atoms with Gasteiger partial charge in [-0.15, -0.1) is 0 Å². The van der Waals surface area contributed by atoms with Crippen molar-refractivity contribution in [2.24, 2.45) is 0 Å². The Morgan fingerprint density at radius 3 is 2.71 bits per heavy atom. The van der Waals surface area contributed by atoms with Gasteiger partial charge in [-0.05, 0) is 43.2 Å². The fourth-order valence-corrected chi connectivity index (χ4v) is 2.38. The Kier molecular flexibility index (Phi) is 5.17. The highest BCUT2D eigenvalue weighted by molar-refractivity contribution is 5.88. The van der Waals surface area contributed by atoms with Crippen LogP contribution in [0.4, 0.5) is 5.69 Å². The molecule has 2 aromatic rings. The van der Waals surface area contributed by atoms with Gasteiger partial charge < -0.3 is 15.1 Å². The maximum atomic E-state index is 11.1. The molecule has 2 unspecified atom stereocenters. The van der Waals surface area contributed by atoms with Crippen molar-refractivity contribution in [2.75, 3.05) is 5.32 Å². The zero-order valence-electron chi connectivity index (χ0n) is 12.7. The van der Waals surface area contributed by atoms with Crippen LogP contribution >= 0.6 is 0 Å². The fourth-order valence-electron chi connectivity index (χ4n) is 2.38. The van der Waals surface area contributed by atoms with E-state index >= 15 is 0 Å². The lowest BCUT2D eigenvalue weighted by atomic mass is 10.0. The molecule has 0 saturated heterocycles. The first kappa shape index (κ1) is 15.3. The number of anilines is 1. The summed E-state index contributed by atoms with van der Waals surface area (Å²) in [5, 5.41) is 6.37. The van der Waals surface area contributed by atoms with Crippen LogP contribution in [0.15, 0.2) is 47.1 Å². The number of benzene rings is 1. The summed E-state index contributed by atoms with van der Waals surface area (Å²) < 4.78 is 5.48. The van der Waals surface area contributed by atoms with E-state index in [9.17, 15) is 4.79 Å². The van der Waals surface area contributed by atoms with Crippen molar-refractivity contribution in [3.8, 4) is 0 Å². The third-order valence-corrected chi connectivity index (χ3v) is 3.45. The van der Waals surface area contributed by atoms with Gasteiger partial charge in [-0.1, -0.05) is 19.1 Å². The first-order valence-corrected chi connectivity index (χ1v) is 7.27. The smallest absolute Gasteiger partial charge is 0.221 e. The van der Waals surface area contributed by atoms with Crippen LogP contribution < -0.4 is 10.6 Å². The van der Waals surface area contributed by atoms with E-state index in [4.69, 9.17) is 4.42 Å². The lowest BCUT2D eigenvalue weighted by Gasteiger charge is -2.21. The third-order valence-electron chi connectivity index (χ3n) is 3.45. The van der Waals surface area contributed by atoms with Crippen LogP contribution in [0.5, 0.6) is 0 Å². The number of amides is 1. The van der Waals surface area contributed by atoms with E-state index in [1.807, 2.05) is 30.3 Å². The predicted octanol–water partition coefficient (Wildman–Crippen LogP) is 4.04. The molecule has 0 spiro atoms. The molecule has 0 aliphatic carbocycles. The Morgan fingerprint density at radius 2 is 2.10 bits per heavy atom. The Balaban J connectivity index is 2.08. The largest absolute Gasteiger partial charge is 0.468 e. The summed E-state index contributed by atoms with van der Waals surface area (Å²) in [5.74, 6) is 0.886. The number of furan rings is 1. The number of carbonyl (C=O) groups is 1. The Morgan fingerprint density at radius 1 is 1.29 bits per heavy atom. The molecule has 0 aliphatic rings. The molecule has 4 nitrogen and oxygen atoms in total. The highest BCUT2D eigenvalue weighted by Gasteiger charge is 2.16. The number of rotatable bonds is 6. The molecule has 1 heterocycles.